The summed E-state index contributed by atoms with van der Waals surface area (Å²) < 4.78 is 5.18. The number of carbonyl (C=O) groups excluding carboxylic acids is 2. The average molecular weight is 495 g/mol. The van der Waals surface area contributed by atoms with Crippen LogP contribution in [0.1, 0.15) is 74.5 Å². The molecule has 2 aliphatic rings. The van der Waals surface area contributed by atoms with Crippen molar-refractivity contribution in [1.29, 1.82) is 0 Å². The quantitative estimate of drug-likeness (QED) is 0.459. The zero-order valence-electron chi connectivity index (χ0n) is 21.6. The van der Waals surface area contributed by atoms with E-state index in [9.17, 15) is 9.59 Å². The SMILES string of the molecule is CCOC(=O)CC(CCCN1C(=O)C(NCc2ccc3c(n2)NCCC3)CC1C)c1cnc(C)nc1. The highest BCUT2D eigenvalue weighted by Crippen LogP contribution is 2.27. The van der Waals surface area contributed by atoms with Crippen molar-refractivity contribution in [3.05, 3.63) is 47.2 Å². The van der Waals surface area contributed by atoms with Gasteiger partial charge in [0.2, 0.25) is 5.91 Å². The number of rotatable bonds is 11. The molecule has 0 aromatic carbocycles. The maximum absolute atomic E-state index is 13.2. The van der Waals surface area contributed by atoms with Crippen LogP contribution in [0.15, 0.2) is 24.5 Å². The van der Waals surface area contributed by atoms with Gasteiger partial charge in [0.15, 0.2) is 0 Å². The number of carbonyl (C=O) groups is 2. The van der Waals surface area contributed by atoms with Crippen LogP contribution in [-0.4, -0.2) is 63.5 Å². The van der Waals surface area contributed by atoms with Gasteiger partial charge in [-0.25, -0.2) is 15.0 Å². The molecule has 0 radical (unpaired) electrons. The summed E-state index contributed by atoms with van der Waals surface area (Å²) in [5.74, 6) is 1.56. The first-order valence-corrected chi connectivity index (χ1v) is 13.1. The third kappa shape index (κ3) is 6.57. The highest BCUT2D eigenvalue weighted by Gasteiger charge is 2.36. The van der Waals surface area contributed by atoms with Crippen LogP contribution in [-0.2, 0) is 27.3 Å². The zero-order chi connectivity index (χ0) is 25.5. The van der Waals surface area contributed by atoms with Gasteiger partial charge in [-0.1, -0.05) is 6.07 Å². The van der Waals surface area contributed by atoms with E-state index in [1.165, 1.54) is 5.56 Å². The number of nitrogens with one attached hydrogen (secondary N) is 2. The molecule has 0 bridgehead atoms. The molecule has 1 fully saturated rings. The van der Waals surface area contributed by atoms with Crippen LogP contribution in [0, 0.1) is 6.92 Å². The van der Waals surface area contributed by atoms with Crippen LogP contribution >= 0.6 is 0 Å². The fourth-order valence-corrected chi connectivity index (χ4v) is 5.11. The molecule has 1 saturated heterocycles. The van der Waals surface area contributed by atoms with E-state index >= 15 is 0 Å². The molecule has 194 valence electrons. The molecule has 2 N–H and O–H groups in total. The van der Waals surface area contributed by atoms with E-state index in [0.29, 0.717) is 25.5 Å². The second-order valence-corrected chi connectivity index (χ2v) is 9.80. The summed E-state index contributed by atoms with van der Waals surface area (Å²) in [6.07, 6.45) is 8.40. The molecule has 9 nitrogen and oxygen atoms in total. The molecule has 0 spiro atoms. The molecular weight excluding hydrogens is 456 g/mol. The lowest BCUT2D eigenvalue weighted by molar-refractivity contribution is -0.143. The van der Waals surface area contributed by atoms with E-state index in [2.05, 4.69) is 39.7 Å². The van der Waals surface area contributed by atoms with E-state index in [-0.39, 0.29) is 36.3 Å². The highest BCUT2D eigenvalue weighted by molar-refractivity contribution is 5.84. The Hall–Kier alpha value is -3.07. The minimum absolute atomic E-state index is 0.0322. The predicted molar refractivity (Wildman–Crippen MR) is 137 cm³/mol. The van der Waals surface area contributed by atoms with Gasteiger partial charge in [0.05, 0.1) is 24.8 Å². The Bertz CT molecular complexity index is 1040. The number of amides is 1. The molecule has 9 heteroatoms. The number of ether oxygens (including phenoxy) is 1. The van der Waals surface area contributed by atoms with Gasteiger partial charge in [0, 0.05) is 38.1 Å². The fraction of sp³-hybridized carbons (Fsp3) is 0.593. The summed E-state index contributed by atoms with van der Waals surface area (Å²) in [6, 6.07) is 4.16. The second-order valence-electron chi connectivity index (χ2n) is 9.80. The Kier molecular flexibility index (Phi) is 8.85. The van der Waals surface area contributed by atoms with Gasteiger partial charge in [-0.2, -0.15) is 0 Å². The topological polar surface area (TPSA) is 109 Å². The minimum atomic E-state index is -0.219. The number of aromatic nitrogens is 3. The summed E-state index contributed by atoms with van der Waals surface area (Å²) in [5, 5.41) is 6.79. The molecule has 36 heavy (non-hydrogen) atoms. The van der Waals surface area contributed by atoms with Crippen LogP contribution in [0.5, 0.6) is 0 Å². The van der Waals surface area contributed by atoms with E-state index in [0.717, 1.165) is 55.7 Å². The monoisotopic (exact) mass is 494 g/mol. The molecule has 0 aliphatic carbocycles. The van der Waals surface area contributed by atoms with E-state index in [4.69, 9.17) is 9.72 Å². The average Bonchev–Trinajstić information content (AvgIpc) is 3.15. The van der Waals surface area contributed by atoms with E-state index in [1.807, 2.05) is 18.7 Å². The number of pyridine rings is 1. The van der Waals surface area contributed by atoms with Crippen LogP contribution < -0.4 is 10.6 Å². The Balaban J connectivity index is 1.30. The normalized spacial score (nSPS) is 20.1. The third-order valence-corrected chi connectivity index (χ3v) is 7.11. The molecule has 2 aromatic rings. The molecule has 4 heterocycles. The maximum Gasteiger partial charge on any atom is 0.306 e. The fourth-order valence-electron chi connectivity index (χ4n) is 5.11. The number of hydrogen-bond acceptors (Lipinski definition) is 8. The number of aryl methyl sites for hydroxylation is 2. The zero-order valence-corrected chi connectivity index (χ0v) is 21.6. The first-order chi connectivity index (χ1) is 17.4. The molecule has 2 aromatic heterocycles. The largest absolute Gasteiger partial charge is 0.466 e. The van der Waals surface area contributed by atoms with E-state index < -0.39 is 0 Å². The van der Waals surface area contributed by atoms with Crippen molar-refractivity contribution >= 4 is 17.7 Å². The lowest BCUT2D eigenvalue weighted by atomic mass is 9.93. The molecule has 2 aliphatic heterocycles. The highest BCUT2D eigenvalue weighted by atomic mass is 16.5. The predicted octanol–water partition coefficient (Wildman–Crippen LogP) is 3.13. The van der Waals surface area contributed by atoms with Crippen LogP contribution in [0.2, 0.25) is 0 Å². The number of nitrogens with zero attached hydrogens (tertiary/aromatic N) is 4. The third-order valence-electron chi connectivity index (χ3n) is 7.11. The number of fused-ring (bicyclic) bond motifs is 1. The Morgan fingerprint density at radius 3 is 2.89 bits per heavy atom. The van der Waals surface area contributed by atoms with Crippen LogP contribution in [0.4, 0.5) is 5.82 Å². The van der Waals surface area contributed by atoms with Crippen molar-refractivity contribution in [2.24, 2.45) is 0 Å². The summed E-state index contributed by atoms with van der Waals surface area (Å²) in [4.78, 5) is 40.6. The Labute approximate surface area is 213 Å². The first kappa shape index (κ1) is 26.0. The van der Waals surface area contributed by atoms with Gasteiger partial charge < -0.3 is 20.3 Å². The van der Waals surface area contributed by atoms with Crippen molar-refractivity contribution in [3.8, 4) is 0 Å². The summed E-state index contributed by atoms with van der Waals surface area (Å²) in [7, 11) is 0. The van der Waals surface area contributed by atoms with Crippen molar-refractivity contribution in [2.45, 2.75) is 83.8 Å². The molecule has 3 unspecified atom stereocenters. The van der Waals surface area contributed by atoms with Crippen LogP contribution in [0.25, 0.3) is 0 Å². The van der Waals surface area contributed by atoms with Gasteiger partial charge in [0.1, 0.15) is 11.6 Å². The summed E-state index contributed by atoms with van der Waals surface area (Å²) in [5.41, 5.74) is 3.14. The maximum atomic E-state index is 13.2. The second kappa shape index (κ2) is 12.3. The number of anilines is 1. The standard InChI is InChI=1S/C27H38N6O3/c1-4-36-25(34)14-21(22-15-29-19(3)30-16-22)8-6-12-33-18(2)13-24(27(33)35)31-17-23-10-9-20-7-5-11-28-26(20)32-23/h9-10,15-16,18,21,24,31H,4-8,11-14,17H2,1-3H3,(H,28,32). The van der Waals surface area contributed by atoms with E-state index in [1.54, 1.807) is 12.4 Å². The summed E-state index contributed by atoms with van der Waals surface area (Å²) in [6.45, 7) is 8.30. The Morgan fingerprint density at radius 1 is 1.31 bits per heavy atom. The smallest absolute Gasteiger partial charge is 0.306 e. The van der Waals surface area contributed by atoms with Crippen molar-refractivity contribution < 1.29 is 14.3 Å². The lowest BCUT2D eigenvalue weighted by Crippen LogP contribution is -2.39. The van der Waals surface area contributed by atoms with Gasteiger partial charge in [0.25, 0.3) is 0 Å². The Morgan fingerprint density at radius 2 is 2.11 bits per heavy atom. The molecule has 3 atom stereocenters. The van der Waals surface area contributed by atoms with Crippen molar-refractivity contribution in [2.75, 3.05) is 25.0 Å². The van der Waals surface area contributed by atoms with Gasteiger partial charge >= 0.3 is 5.97 Å². The van der Waals surface area contributed by atoms with Crippen molar-refractivity contribution in [1.82, 2.24) is 25.2 Å². The van der Waals surface area contributed by atoms with Gasteiger partial charge in [-0.15, -0.1) is 0 Å². The molecule has 1 amide bonds. The first-order valence-electron chi connectivity index (χ1n) is 13.1. The van der Waals surface area contributed by atoms with Gasteiger partial charge in [-0.05, 0) is 76.0 Å². The lowest BCUT2D eigenvalue weighted by Gasteiger charge is -2.23. The summed E-state index contributed by atoms with van der Waals surface area (Å²) >= 11 is 0. The molecular formula is C27H38N6O3. The minimum Gasteiger partial charge on any atom is -0.466 e. The molecule has 0 saturated carbocycles. The van der Waals surface area contributed by atoms with Gasteiger partial charge in [-0.3, -0.25) is 9.59 Å². The number of likely N-dealkylation sites (tertiary alicyclic amines) is 1. The number of esters is 1. The molecule has 4 rings (SSSR count). The van der Waals surface area contributed by atoms with Crippen LogP contribution in [0.3, 0.4) is 0 Å². The van der Waals surface area contributed by atoms with Crippen molar-refractivity contribution in [3.63, 3.8) is 0 Å². The number of hydrogen-bond donors (Lipinski definition) is 2.